The number of aromatic nitrogens is 3. The van der Waals surface area contributed by atoms with Crippen LogP contribution < -0.4 is 0 Å². The van der Waals surface area contributed by atoms with Crippen LogP contribution in [-0.2, 0) is 17.1 Å². The average Bonchev–Trinajstić information content (AvgIpc) is 2.88. The SMILES string of the molecule is Cc1ccncc1C1CCN(S(=O)(=O)c2cnn(C)c2Cl)CC1. The van der Waals surface area contributed by atoms with Gasteiger partial charge in [0.25, 0.3) is 0 Å². The molecule has 3 rings (SSSR count). The van der Waals surface area contributed by atoms with Gasteiger partial charge in [-0.15, -0.1) is 0 Å². The predicted molar refractivity (Wildman–Crippen MR) is 87.9 cm³/mol. The van der Waals surface area contributed by atoms with Gasteiger partial charge in [-0.1, -0.05) is 11.6 Å². The second-order valence-electron chi connectivity index (χ2n) is 5.83. The second kappa shape index (κ2) is 6.22. The monoisotopic (exact) mass is 354 g/mol. The third-order valence-corrected chi connectivity index (χ3v) is 6.89. The Bertz CT molecular complexity index is 811. The quantitative estimate of drug-likeness (QED) is 0.848. The lowest BCUT2D eigenvalue weighted by Gasteiger charge is -2.31. The van der Waals surface area contributed by atoms with Crippen molar-refractivity contribution in [2.45, 2.75) is 30.6 Å². The van der Waals surface area contributed by atoms with Crippen LogP contribution in [0.1, 0.15) is 29.9 Å². The first-order valence-corrected chi connectivity index (χ1v) is 9.31. The van der Waals surface area contributed by atoms with Crippen molar-refractivity contribution in [2.24, 2.45) is 7.05 Å². The molecule has 6 nitrogen and oxygen atoms in total. The van der Waals surface area contributed by atoms with E-state index in [1.165, 1.54) is 26.3 Å². The minimum atomic E-state index is -3.59. The van der Waals surface area contributed by atoms with Crippen LogP contribution in [0.5, 0.6) is 0 Å². The molecule has 2 aromatic heterocycles. The Hall–Kier alpha value is -1.44. The van der Waals surface area contributed by atoms with Gasteiger partial charge in [0.2, 0.25) is 10.0 Å². The van der Waals surface area contributed by atoms with Gasteiger partial charge < -0.3 is 0 Å². The summed E-state index contributed by atoms with van der Waals surface area (Å²) in [6.07, 6.45) is 6.55. The summed E-state index contributed by atoms with van der Waals surface area (Å²) in [5, 5.41) is 4.07. The Balaban J connectivity index is 1.76. The number of hydrogen-bond acceptors (Lipinski definition) is 4. The van der Waals surface area contributed by atoms with Gasteiger partial charge >= 0.3 is 0 Å². The molecule has 0 amide bonds. The van der Waals surface area contributed by atoms with E-state index < -0.39 is 10.0 Å². The van der Waals surface area contributed by atoms with E-state index in [0.717, 1.165) is 12.8 Å². The van der Waals surface area contributed by atoms with E-state index in [1.54, 1.807) is 13.2 Å². The summed E-state index contributed by atoms with van der Waals surface area (Å²) >= 11 is 6.04. The zero-order valence-electron chi connectivity index (χ0n) is 13.1. The molecule has 0 unspecified atom stereocenters. The van der Waals surface area contributed by atoms with Crippen LogP contribution in [-0.4, -0.2) is 40.6 Å². The summed E-state index contributed by atoms with van der Waals surface area (Å²) < 4.78 is 28.3. The molecule has 23 heavy (non-hydrogen) atoms. The van der Waals surface area contributed by atoms with Crippen LogP contribution >= 0.6 is 11.6 Å². The highest BCUT2D eigenvalue weighted by Crippen LogP contribution is 2.33. The molecule has 0 aliphatic carbocycles. The molecule has 3 heterocycles. The Kier molecular flexibility index (Phi) is 4.44. The lowest BCUT2D eigenvalue weighted by molar-refractivity contribution is 0.319. The maximum Gasteiger partial charge on any atom is 0.247 e. The molecule has 0 atom stereocenters. The first-order chi connectivity index (χ1) is 10.9. The number of aryl methyl sites for hydroxylation is 2. The first kappa shape index (κ1) is 16.4. The van der Waals surface area contributed by atoms with Crippen molar-refractivity contribution in [1.29, 1.82) is 0 Å². The number of nitrogens with zero attached hydrogens (tertiary/aromatic N) is 4. The zero-order valence-corrected chi connectivity index (χ0v) is 14.7. The maximum atomic E-state index is 12.7. The molecule has 0 radical (unpaired) electrons. The van der Waals surface area contributed by atoms with Gasteiger partial charge in [-0.05, 0) is 42.9 Å². The lowest BCUT2D eigenvalue weighted by Crippen LogP contribution is -2.38. The van der Waals surface area contributed by atoms with E-state index in [-0.39, 0.29) is 10.0 Å². The van der Waals surface area contributed by atoms with E-state index in [4.69, 9.17) is 11.6 Å². The molecule has 0 aromatic carbocycles. The number of pyridine rings is 1. The lowest BCUT2D eigenvalue weighted by atomic mass is 9.89. The number of piperidine rings is 1. The van der Waals surface area contributed by atoms with Crippen LogP contribution in [0.3, 0.4) is 0 Å². The summed E-state index contributed by atoms with van der Waals surface area (Å²) in [6, 6.07) is 1.99. The van der Waals surface area contributed by atoms with Crippen LogP contribution in [0.15, 0.2) is 29.6 Å². The number of halogens is 1. The molecule has 1 saturated heterocycles. The normalized spacial score (nSPS) is 17.5. The molecule has 0 N–H and O–H groups in total. The smallest absolute Gasteiger partial charge is 0.247 e. The topological polar surface area (TPSA) is 68.1 Å². The van der Waals surface area contributed by atoms with Crippen molar-refractivity contribution < 1.29 is 8.42 Å². The zero-order chi connectivity index (χ0) is 16.6. The van der Waals surface area contributed by atoms with Crippen LogP contribution in [0.2, 0.25) is 5.15 Å². The van der Waals surface area contributed by atoms with Crippen molar-refractivity contribution in [3.05, 3.63) is 40.9 Å². The van der Waals surface area contributed by atoms with Gasteiger partial charge in [0, 0.05) is 32.5 Å². The molecule has 1 fully saturated rings. The van der Waals surface area contributed by atoms with Gasteiger partial charge in [-0.3, -0.25) is 9.67 Å². The van der Waals surface area contributed by atoms with E-state index in [1.807, 2.05) is 12.3 Å². The number of sulfonamides is 1. The van der Waals surface area contributed by atoms with Crippen LogP contribution in [0, 0.1) is 6.92 Å². The molecular weight excluding hydrogens is 336 g/mol. The standard InChI is InChI=1S/C15H19ClN4O2S/c1-11-3-6-17-9-13(11)12-4-7-20(8-5-12)23(21,22)14-10-18-19(2)15(14)16/h3,6,9-10,12H,4-5,7-8H2,1-2H3. The molecule has 8 heteroatoms. The molecule has 2 aromatic rings. The summed E-state index contributed by atoms with van der Waals surface area (Å²) in [6.45, 7) is 3.02. The van der Waals surface area contributed by atoms with Gasteiger partial charge in [0.1, 0.15) is 10.0 Å². The third kappa shape index (κ3) is 3.00. The Morgan fingerprint density at radius 1 is 1.26 bits per heavy atom. The predicted octanol–water partition coefficient (Wildman–Crippen LogP) is 2.35. The number of hydrogen-bond donors (Lipinski definition) is 0. The number of rotatable bonds is 3. The van der Waals surface area contributed by atoms with Gasteiger partial charge in [0.15, 0.2) is 0 Å². The maximum absolute atomic E-state index is 12.7. The third-order valence-electron chi connectivity index (χ3n) is 4.43. The first-order valence-electron chi connectivity index (χ1n) is 7.49. The highest BCUT2D eigenvalue weighted by atomic mass is 35.5. The largest absolute Gasteiger partial charge is 0.264 e. The fraction of sp³-hybridized carbons (Fsp3) is 0.467. The average molecular weight is 355 g/mol. The fourth-order valence-electron chi connectivity index (χ4n) is 3.03. The summed E-state index contributed by atoms with van der Waals surface area (Å²) in [5.74, 6) is 0.347. The minimum absolute atomic E-state index is 0.0812. The molecule has 1 aliphatic rings. The van der Waals surface area contributed by atoms with E-state index in [9.17, 15) is 8.42 Å². The summed E-state index contributed by atoms with van der Waals surface area (Å²) in [5.41, 5.74) is 2.42. The molecule has 124 valence electrons. The van der Waals surface area contributed by atoms with Crippen LogP contribution in [0.4, 0.5) is 0 Å². The summed E-state index contributed by atoms with van der Waals surface area (Å²) in [4.78, 5) is 4.27. The molecule has 0 saturated carbocycles. The van der Waals surface area contributed by atoms with Gasteiger partial charge in [-0.2, -0.15) is 9.40 Å². The molecule has 0 bridgehead atoms. The minimum Gasteiger partial charge on any atom is -0.264 e. The Morgan fingerprint density at radius 3 is 2.52 bits per heavy atom. The van der Waals surface area contributed by atoms with Crippen molar-refractivity contribution in [3.8, 4) is 0 Å². The molecule has 1 aliphatic heterocycles. The fourth-order valence-corrected chi connectivity index (χ4v) is 4.91. The van der Waals surface area contributed by atoms with Crippen molar-refractivity contribution in [2.75, 3.05) is 13.1 Å². The van der Waals surface area contributed by atoms with Gasteiger partial charge in [0.05, 0.1) is 6.20 Å². The summed E-state index contributed by atoms with van der Waals surface area (Å²) in [7, 11) is -1.96. The highest BCUT2D eigenvalue weighted by molar-refractivity contribution is 7.89. The van der Waals surface area contributed by atoms with Crippen molar-refractivity contribution in [3.63, 3.8) is 0 Å². The molecular formula is C15H19ClN4O2S. The van der Waals surface area contributed by atoms with E-state index in [0.29, 0.717) is 19.0 Å². The van der Waals surface area contributed by atoms with E-state index >= 15 is 0 Å². The van der Waals surface area contributed by atoms with Crippen molar-refractivity contribution in [1.82, 2.24) is 19.1 Å². The van der Waals surface area contributed by atoms with Crippen molar-refractivity contribution >= 4 is 21.6 Å². The Morgan fingerprint density at radius 2 is 1.96 bits per heavy atom. The van der Waals surface area contributed by atoms with Gasteiger partial charge in [-0.25, -0.2) is 8.42 Å². The molecule has 0 spiro atoms. The second-order valence-corrected chi connectivity index (χ2v) is 8.10. The van der Waals surface area contributed by atoms with Crippen LogP contribution in [0.25, 0.3) is 0 Å². The highest BCUT2D eigenvalue weighted by Gasteiger charge is 2.33. The Labute approximate surface area is 141 Å². The van der Waals surface area contributed by atoms with E-state index in [2.05, 4.69) is 17.0 Å².